The molecule has 0 bridgehead atoms. The maximum Gasteiger partial charge on any atom is 0.409 e. The molecule has 0 radical (unpaired) electrons. The number of ether oxygens (including phenoxy) is 2. The summed E-state index contributed by atoms with van der Waals surface area (Å²) in [6.45, 7) is 1.63. The molecule has 128 valence electrons. The zero-order valence-corrected chi connectivity index (χ0v) is 13.9. The summed E-state index contributed by atoms with van der Waals surface area (Å²) < 4.78 is 36.4. The molecule has 8 heteroatoms. The Bertz CT molecular complexity index is 834. The topological polar surface area (TPSA) is 102 Å². The molecule has 0 aromatic heterocycles. The summed E-state index contributed by atoms with van der Waals surface area (Å²) in [4.78, 5) is 10.7. The number of amides is 1. The Balaban J connectivity index is 2.55. The summed E-state index contributed by atoms with van der Waals surface area (Å²) >= 11 is 0. The second-order valence-electron chi connectivity index (χ2n) is 4.80. The Hall–Kier alpha value is -2.58. The molecule has 0 aliphatic rings. The standard InChI is InChI=1S/C16H17NO6S/c1-11(22-2)23-13-8-4-6-10-15(13)24(20,21)14-9-5-3-7-12(14)17-16(18)19/h3-11,17H,1-2H3,(H,18,19). The predicted octanol–water partition coefficient (Wildman–Crippen LogP) is 2.98. The normalized spacial score (nSPS) is 12.4. The molecule has 1 atom stereocenters. The molecule has 2 aromatic carbocycles. The third-order valence-electron chi connectivity index (χ3n) is 3.18. The first-order valence-electron chi connectivity index (χ1n) is 6.99. The van der Waals surface area contributed by atoms with Crippen LogP contribution in [-0.4, -0.2) is 33.0 Å². The van der Waals surface area contributed by atoms with Gasteiger partial charge < -0.3 is 14.6 Å². The second-order valence-corrected chi connectivity index (χ2v) is 6.68. The number of hydrogen-bond donors (Lipinski definition) is 2. The summed E-state index contributed by atoms with van der Waals surface area (Å²) in [6, 6.07) is 11.9. The average molecular weight is 351 g/mol. The van der Waals surface area contributed by atoms with Crippen molar-refractivity contribution in [1.29, 1.82) is 0 Å². The van der Waals surface area contributed by atoms with Crippen LogP contribution in [0.5, 0.6) is 5.75 Å². The molecule has 2 aromatic rings. The fourth-order valence-corrected chi connectivity index (χ4v) is 3.58. The largest absolute Gasteiger partial charge is 0.465 e. The first-order chi connectivity index (χ1) is 11.4. The van der Waals surface area contributed by atoms with Crippen LogP contribution in [0, 0.1) is 0 Å². The number of rotatable bonds is 6. The lowest BCUT2D eigenvalue weighted by molar-refractivity contribution is -0.0399. The molecule has 2 N–H and O–H groups in total. The zero-order chi connectivity index (χ0) is 17.7. The van der Waals surface area contributed by atoms with Crippen molar-refractivity contribution >= 4 is 21.6 Å². The van der Waals surface area contributed by atoms with E-state index in [0.717, 1.165) is 0 Å². The van der Waals surface area contributed by atoms with Crippen molar-refractivity contribution in [1.82, 2.24) is 0 Å². The number of nitrogens with one attached hydrogen (secondary N) is 1. The molecule has 0 fully saturated rings. The lowest BCUT2D eigenvalue weighted by Crippen LogP contribution is -2.16. The van der Waals surface area contributed by atoms with Crippen LogP contribution in [0.2, 0.25) is 0 Å². The van der Waals surface area contributed by atoms with E-state index >= 15 is 0 Å². The minimum atomic E-state index is -4.01. The molecule has 1 amide bonds. The number of anilines is 1. The first kappa shape index (κ1) is 17.8. The molecule has 0 saturated carbocycles. The zero-order valence-electron chi connectivity index (χ0n) is 13.1. The van der Waals surface area contributed by atoms with Crippen LogP contribution in [0.1, 0.15) is 6.92 Å². The van der Waals surface area contributed by atoms with E-state index in [1.807, 2.05) is 0 Å². The minimum Gasteiger partial charge on any atom is -0.465 e. The van der Waals surface area contributed by atoms with Crippen LogP contribution in [0.4, 0.5) is 10.5 Å². The molecule has 2 rings (SSSR count). The van der Waals surface area contributed by atoms with Gasteiger partial charge in [0.1, 0.15) is 10.6 Å². The number of methoxy groups -OCH3 is 1. The quantitative estimate of drug-likeness (QED) is 0.776. The Labute approximate surface area is 139 Å². The average Bonchev–Trinajstić information content (AvgIpc) is 2.55. The third kappa shape index (κ3) is 3.84. The van der Waals surface area contributed by atoms with Crippen LogP contribution in [-0.2, 0) is 14.6 Å². The van der Waals surface area contributed by atoms with Gasteiger partial charge in [-0.2, -0.15) is 0 Å². The highest BCUT2D eigenvalue weighted by Gasteiger charge is 2.26. The van der Waals surface area contributed by atoms with Crippen LogP contribution in [0.25, 0.3) is 0 Å². The summed E-state index contributed by atoms with van der Waals surface area (Å²) in [6.07, 6.45) is -2.00. The van der Waals surface area contributed by atoms with Crippen molar-refractivity contribution in [3.8, 4) is 5.75 Å². The summed E-state index contributed by atoms with van der Waals surface area (Å²) in [5, 5.41) is 11.0. The van der Waals surface area contributed by atoms with Crippen LogP contribution in [0.3, 0.4) is 0 Å². The summed E-state index contributed by atoms with van der Waals surface area (Å²) in [7, 11) is -2.57. The van der Waals surface area contributed by atoms with Crippen molar-refractivity contribution in [2.45, 2.75) is 23.0 Å². The fourth-order valence-electron chi connectivity index (χ4n) is 2.03. The second kappa shape index (κ2) is 7.33. The first-order valence-corrected chi connectivity index (χ1v) is 8.47. The predicted molar refractivity (Wildman–Crippen MR) is 87.1 cm³/mol. The molecular formula is C16H17NO6S. The van der Waals surface area contributed by atoms with E-state index in [1.165, 1.54) is 37.4 Å². The molecule has 0 aliphatic heterocycles. The van der Waals surface area contributed by atoms with Gasteiger partial charge in [-0.1, -0.05) is 24.3 Å². The van der Waals surface area contributed by atoms with Gasteiger partial charge in [0.15, 0.2) is 6.29 Å². The molecule has 0 spiro atoms. The Morgan fingerprint density at radius 1 is 1.08 bits per heavy atom. The van der Waals surface area contributed by atoms with E-state index in [0.29, 0.717) is 0 Å². The van der Waals surface area contributed by atoms with Gasteiger partial charge in [-0.3, -0.25) is 5.32 Å². The van der Waals surface area contributed by atoms with E-state index in [1.54, 1.807) is 25.1 Å². The summed E-state index contributed by atoms with van der Waals surface area (Å²) in [5.74, 6) is 0.122. The Morgan fingerprint density at radius 2 is 1.67 bits per heavy atom. The maximum absolute atomic E-state index is 13.0. The molecule has 0 saturated heterocycles. The van der Waals surface area contributed by atoms with Crippen molar-refractivity contribution < 1.29 is 27.8 Å². The van der Waals surface area contributed by atoms with Gasteiger partial charge >= 0.3 is 6.09 Å². The third-order valence-corrected chi connectivity index (χ3v) is 5.03. The Morgan fingerprint density at radius 3 is 2.29 bits per heavy atom. The lowest BCUT2D eigenvalue weighted by atomic mass is 10.3. The van der Waals surface area contributed by atoms with E-state index in [2.05, 4.69) is 5.32 Å². The molecule has 0 aliphatic carbocycles. The highest BCUT2D eigenvalue weighted by atomic mass is 32.2. The van der Waals surface area contributed by atoms with Crippen LogP contribution >= 0.6 is 0 Å². The van der Waals surface area contributed by atoms with E-state index in [4.69, 9.17) is 14.6 Å². The lowest BCUT2D eigenvalue weighted by Gasteiger charge is -2.17. The minimum absolute atomic E-state index is 0.0282. The van der Waals surface area contributed by atoms with Gasteiger partial charge in [0.2, 0.25) is 9.84 Å². The van der Waals surface area contributed by atoms with E-state index < -0.39 is 22.2 Å². The van der Waals surface area contributed by atoms with Crippen molar-refractivity contribution in [2.75, 3.05) is 12.4 Å². The van der Waals surface area contributed by atoms with Crippen molar-refractivity contribution in [3.05, 3.63) is 48.5 Å². The number of sulfone groups is 1. The van der Waals surface area contributed by atoms with Gasteiger partial charge in [0.25, 0.3) is 0 Å². The molecule has 7 nitrogen and oxygen atoms in total. The highest BCUT2D eigenvalue weighted by Crippen LogP contribution is 2.33. The van der Waals surface area contributed by atoms with E-state index in [-0.39, 0.29) is 21.2 Å². The van der Waals surface area contributed by atoms with Gasteiger partial charge in [0.05, 0.1) is 10.6 Å². The number of carboxylic acid groups (broad SMARTS) is 1. The Kier molecular flexibility index (Phi) is 5.42. The van der Waals surface area contributed by atoms with Crippen LogP contribution < -0.4 is 10.1 Å². The van der Waals surface area contributed by atoms with Crippen LogP contribution in [0.15, 0.2) is 58.3 Å². The fraction of sp³-hybridized carbons (Fsp3) is 0.188. The van der Waals surface area contributed by atoms with Crippen molar-refractivity contribution in [2.24, 2.45) is 0 Å². The molecule has 24 heavy (non-hydrogen) atoms. The summed E-state index contributed by atoms with van der Waals surface area (Å²) in [5.41, 5.74) is -0.0282. The van der Waals surface area contributed by atoms with Gasteiger partial charge in [0, 0.05) is 7.11 Å². The SMILES string of the molecule is COC(C)Oc1ccccc1S(=O)(=O)c1ccccc1NC(=O)O. The maximum atomic E-state index is 13.0. The number of hydrogen-bond acceptors (Lipinski definition) is 5. The van der Waals surface area contributed by atoms with Gasteiger partial charge in [-0.25, -0.2) is 13.2 Å². The van der Waals surface area contributed by atoms with Crippen molar-refractivity contribution in [3.63, 3.8) is 0 Å². The number of para-hydroxylation sites is 2. The smallest absolute Gasteiger partial charge is 0.409 e. The molecule has 1 unspecified atom stereocenters. The molecular weight excluding hydrogens is 334 g/mol. The number of benzene rings is 2. The molecule has 0 heterocycles. The monoisotopic (exact) mass is 351 g/mol. The highest BCUT2D eigenvalue weighted by molar-refractivity contribution is 7.91. The number of carbonyl (C=O) groups is 1. The van der Waals surface area contributed by atoms with Gasteiger partial charge in [-0.15, -0.1) is 0 Å². The van der Waals surface area contributed by atoms with Gasteiger partial charge in [-0.05, 0) is 31.2 Å². The van der Waals surface area contributed by atoms with E-state index in [9.17, 15) is 13.2 Å².